The lowest BCUT2D eigenvalue weighted by atomic mass is 9.98. The predicted octanol–water partition coefficient (Wildman–Crippen LogP) is 11.3. The summed E-state index contributed by atoms with van der Waals surface area (Å²) >= 11 is 1.86. The number of hydrogen-bond acceptors (Lipinski definition) is 1. The van der Waals surface area contributed by atoms with Gasteiger partial charge in [-0.3, -0.25) is 0 Å². The molecule has 0 bridgehead atoms. The second kappa shape index (κ2) is 10.2. The van der Waals surface area contributed by atoms with Crippen molar-refractivity contribution in [2.24, 2.45) is 0 Å². The van der Waals surface area contributed by atoms with E-state index in [4.69, 9.17) is 0 Å². The number of para-hydroxylation sites is 1. The molecular weight excluding hydrogens is 466 g/mol. The number of hydrogen-bond donors (Lipinski definition) is 0. The fourth-order valence-electron chi connectivity index (χ4n) is 5.43. The third kappa shape index (κ3) is 3.75. The molecule has 1 nitrogen and oxygen atoms in total. The number of aromatic nitrogens is 1. The van der Waals surface area contributed by atoms with Crippen molar-refractivity contribution in [3.8, 4) is 5.69 Å². The summed E-state index contributed by atoms with van der Waals surface area (Å²) in [6, 6.07) is 33.1. The summed E-state index contributed by atoms with van der Waals surface area (Å²) in [6.07, 6.45) is 1.99. The summed E-state index contributed by atoms with van der Waals surface area (Å²) in [5, 5.41) is 9.20. The maximum absolute atomic E-state index is 4.07. The molecule has 0 aliphatic carbocycles. The molecular formula is C35H33NS. The van der Waals surface area contributed by atoms with Crippen molar-refractivity contribution in [3.63, 3.8) is 0 Å². The molecule has 0 radical (unpaired) electrons. The topological polar surface area (TPSA) is 4.93 Å². The van der Waals surface area contributed by atoms with Gasteiger partial charge in [0.15, 0.2) is 0 Å². The third-order valence-electron chi connectivity index (χ3n) is 6.96. The lowest BCUT2D eigenvalue weighted by Crippen LogP contribution is -1.93. The van der Waals surface area contributed by atoms with Crippen LogP contribution < -0.4 is 0 Å². The summed E-state index contributed by atoms with van der Waals surface area (Å²) in [5.41, 5.74) is 5.01. The van der Waals surface area contributed by atoms with Crippen LogP contribution in [0.15, 0.2) is 97.6 Å². The second-order valence-electron chi connectivity index (χ2n) is 8.64. The van der Waals surface area contributed by atoms with E-state index in [1.165, 1.54) is 69.6 Å². The zero-order chi connectivity index (χ0) is 26.1. The number of rotatable bonds is 2. The van der Waals surface area contributed by atoms with Gasteiger partial charge in [-0.15, -0.1) is 11.3 Å². The first-order valence-electron chi connectivity index (χ1n) is 13.2. The zero-order valence-electron chi connectivity index (χ0n) is 22.3. The van der Waals surface area contributed by atoms with E-state index >= 15 is 0 Å². The summed E-state index contributed by atoms with van der Waals surface area (Å²) in [6.45, 7) is 14.3. The Hall–Kier alpha value is -3.88. The smallest absolute Gasteiger partial charge is 0.0555 e. The Morgan fingerprint density at radius 3 is 1.97 bits per heavy atom. The van der Waals surface area contributed by atoms with Crippen LogP contribution >= 0.6 is 11.3 Å². The minimum Gasteiger partial charge on any atom is -0.309 e. The molecule has 2 aromatic heterocycles. The zero-order valence-corrected chi connectivity index (χ0v) is 23.1. The SMILES string of the molecule is C=Cc1sc2c(ccc3c2c2c4ccc5ccccc5c4ccc2n3-c2ccccc2)c1C.CC.CC. The number of nitrogens with zero attached hydrogens (tertiary/aromatic N) is 1. The molecule has 37 heavy (non-hydrogen) atoms. The largest absolute Gasteiger partial charge is 0.309 e. The average molecular weight is 500 g/mol. The Bertz CT molecular complexity index is 1880. The summed E-state index contributed by atoms with van der Waals surface area (Å²) in [4.78, 5) is 1.25. The first-order chi connectivity index (χ1) is 18.3. The van der Waals surface area contributed by atoms with Crippen LogP contribution in [-0.4, -0.2) is 4.57 Å². The van der Waals surface area contributed by atoms with E-state index in [2.05, 4.69) is 109 Å². The van der Waals surface area contributed by atoms with E-state index in [0.717, 1.165) is 0 Å². The fraction of sp³-hybridized carbons (Fsp3) is 0.143. The quantitative estimate of drug-likeness (QED) is 0.208. The van der Waals surface area contributed by atoms with Crippen LogP contribution in [0.5, 0.6) is 0 Å². The molecule has 0 saturated carbocycles. The van der Waals surface area contributed by atoms with Crippen molar-refractivity contribution < 1.29 is 0 Å². The van der Waals surface area contributed by atoms with Gasteiger partial charge in [-0.25, -0.2) is 0 Å². The Balaban J connectivity index is 0.000000670. The highest BCUT2D eigenvalue weighted by molar-refractivity contribution is 7.21. The molecule has 0 aliphatic rings. The van der Waals surface area contributed by atoms with Gasteiger partial charge < -0.3 is 4.57 Å². The van der Waals surface area contributed by atoms with E-state index in [9.17, 15) is 0 Å². The van der Waals surface area contributed by atoms with Crippen molar-refractivity contribution in [1.29, 1.82) is 0 Å². The number of fused-ring (bicyclic) bond motifs is 9. The lowest BCUT2D eigenvalue weighted by Gasteiger charge is -2.09. The van der Waals surface area contributed by atoms with Crippen molar-refractivity contribution in [1.82, 2.24) is 4.57 Å². The molecule has 0 aliphatic heterocycles. The van der Waals surface area contributed by atoms with Gasteiger partial charge in [-0.05, 0) is 63.7 Å². The minimum atomic E-state index is 1.19. The highest BCUT2D eigenvalue weighted by Crippen LogP contribution is 2.45. The number of benzene rings is 5. The Morgan fingerprint density at radius 1 is 0.622 bits per heavy atom. The number of thiophene rings is 1. The monoisotopic (exact) mass is 499 g/mol. The van der Waals surface area contributed by atoms with Crippen LogP contribution in [-0.2, 0) is 0 Å². The van der Waals surface area contributed by atoms with E-state index in [1.54, 1.807) is 0 Å². The molecule has 0 fully saturated rings. The fourth-order valence-corrected chi connectivity index (χ4v) is 6.63. The molecule has 0 saturated heterocycles. The second-order valence-corrected chi connectivity index (χ2v) is 9.70. The van der Waals surface area contributed by atoms with Gasteiger partial charge in [0.05, 0.1) is 11.0 Å². The van der Waals surface area contributed by atoms with Crippen LogP contribution in [0, 0.1) is 6.92 Å². The lowest BCUT2D eigenvalue weighted by molar-refractivity contribution is 1.18. The van der Waals surface area contributed by atoms with Crippen molar-refractivity contribution in [3.05, 3.63) is 108 Å². The van der Waals surface area contributed by atoms with Gasteiger partial charge in [-0.2, -0.15) is 0 Å². The average Bonchev–Trinajstić information content (AvgIpc) is 3.49. The molecule has 5 aromatic carbocycles. The standard InChI is InChI=1S/C31H21NS.2C2H6/c1-3-28-19(2)22-15-17-27-30(31(22)33-28)29-25-14-13-20-9-7-8-12-23(20)24(25)16-18-26(29)32(27)21-10-5-4-6-11-21;2*1-2/h3-18H,1H2,2H3;2*1-2H3. The van der Waals surface area contributed by atoms with E-state index in [-0.39, 0.29) is 0 Å². The van der Waals surface area contributed by atoms with E-state index in [1.807, 2.05) is 45.1 Å². The molecule has 7 rings (SSSR count). The maximum atomic E-state index is 4.07. The summed E-state index contributed by atoms with van der Waals surface area (Å²) in [5.74, 6) is 0. The Morgan fingerprint density at radius 2 is 1.24 bits per heavy atom. The Labute approximate surface area is 223 Å². The van der Waals surface area contributed by atoms with Crippen LogP contribution in [0.3, 0.4) is 0 Å². The van der Waals surface area contributed by atoms with E-state index in [0.29, 0.717) is 0 Å². The molecule has 184 valence electrons. The van der Waals surface area contributed by atoms with Crippen LogP contribution in [0.25, 0.3) is 65.2 Å². The molecule has 2 heteroatoms. The minimum absolute atomic E-state index is 1.19. The van der Waals surface area contributed by atoms with Crippen molar-refractivity contribution >= 4 is 70.8 Å². The summed E-state index contributed by atoms with van der Waals surface area (Å²) < 4.78 is 3.77. The van der Waals surface area contributed by atoms with E-state index < -0.39 is 0 Å². The first-order valence-corrected chi connectivity index (χ1v) is 14.1. The molecule has 7 aromatic rings. The van der Waals surface area contributed by atoms with Crippen molar-refractivity contribution in [2.45, 2.75) is 34.6 Å². The normalized spacial score (nSPS) is 10.9. The van der Waals surface area contributed by atoms with Gasteiger partial charge in [-0.1, -0.05) is 107 Å². The molecule has 0 unspecified atom stereocenters. The third-order valence-corrected chi connectivity index (χ3v) is 8.28. The highest BCUT2D eigenvalue weighted by Gasteiger charge is 2.20. The van der Waals surface area contributed by atoms with Crippen molar-refractivity contribution in [2.75, 3.05) is 0 Å². The maximum Gasteiger partial charge on any atom is 0.0555 e. The first kappa shape index (κ1) is 24.8. The van der Waals surface area contributed by atoms with Crippen LogP contribution in [0.4, 0.5) is 0 Å². The molecule has 0 spiro atoms. The molecule has 0 N–H and O–H groups in total. The van der Waals surface area contributed by atoms with Crippen LogP contribution in [0.2, 0.25) is 0 Å². The predicted molar refractivity (Wildman–Crippen MR) is 169 cm³/mol. The van der Waals surface area contributed by atoms with Gasteiger partial charge in [0.25, 0.3) is 0 Å². The van der Waals surface area contributed by atoms with Crippen LogP contribution in [0.1, 0.15) is 38.1 Å². The molecule has 2 heterocycles. The highest BCUT2D eigenvalue weighted by atomic mass is 32.1. The molecule has 0 atom stereocenters. The Kier molecular flexibility index (Phi) is 6.86. The van der Waals surface area contributed by atoms with Gasteiger partial charge in [0.1, 0.15) is 0 Å². The van der Waals surface area contributed by atoms with Gasteiger partial charge >= 0.3 is 0 Å². The molecule has 0 amide bonds. The number of aryl methyl sites for hydroxylation is 1. The summed E-state index contributed by atoms with van der Waals surface area (Å²) in [7, 11) is 0. The van der Waals surface area contributed by atoms with Gasteiger partial charge in [0, 0.05) is 26.0 Å². The van der Waals surface area contributed by atoms with Gasteiger partial charge in [0.2, 0.25) is 0 Å².